The predicted molar refractivity (Wildman–Crippen MR) is 94.2 cm³/mol. The molecule has 0 spiro atoms. The molecule has 2 heterocycles. The van der Waals surface area contributed by atoms with Crippen molar-refractivity contribution in [3.05, 3.63) is 35.4 Å². The number of nitrogens with zero attached hydrogens (tertiary/aromatic N) is 1. The van der Waals surface area contributed by atoms with Crippen molar-refractivity contribution in [3.8, 4) is 0 Å². The average Bonchev–Trinajstić information content (AvgIpc) is 2.95. The van der Waals surface area contributed by atoms with Crippen molar-refractivity contribution in [3.63, 3.8) is 0 Å². The summed E-state index contributed by atoms with van der Waals surface area (Å²) in [5.74, 6) is -1.81. The molecular formula is C16H18N2O4S2. The van der Waals surface area contributed by atoms with Crippen molar-refractivity contribution < 1.29 is 19.5 Å². The van der Waals surface area contributed by atoms with Gasteiger partial charge in [-0.2, -0.15) is 12.6 Å². The monoisotopic (exact) mass is 366 g/mol. The van der Waals surface area contributed by atoms with E-state index in [2.05, 4.69) is 17.9 Å². The number of amides is 2. The number of thiol groups is 1. The third-order valence-corrected chi connectivity index (χ3v) is 6.24. The lowest BCUT2D eigenvalue weighted by Gasteiger charge is -2.30. The highest BCUT2D eigenvalue weighted by molar-refractivity contribution is 8.01. The lowest BCUT2D eigenvalue weighted by molar-refractivity contribution is -0.141. The minimum absolute atomic E-state index is 0.0149. The van der Waals surface area contributed by atoms with Crippen LogP contribution in [0.15, 0.2) is 24.3 Å². The SMILES string of the molecule is CC1(C)SC2c3ccccc3C(=O)N2C1C(=O)NC(CS)C(=O)O. The quantitative estimate of drug-likeness (QED) is 0.704. The molecule has 0 bridgehead atoms. The second-order valence-corrected chi connectivity index (χ2v) is 8.46. The third-order valence-electron chi connectivity index (χ3n) is 4.34. The topological polar surface area (TPSA) is 86.7 Å². The smallest absolute Gasteiger partial charge is 0.327 e. The summed E-state index contributed by atoms with van der Waals surface area (Å²) in [6.07, 6.45) is 0. The second-order valence-electron chi connectivity index (χ2n) is 6.36. The zero-order valence-electron chi connectivity index (χ0n) is 13.2. The molecule has 6 nitrogen and oxygen atoms in total. The molecule has 2 amide bonds. The van der Waals surface area contributed by atoms with Crippen LogP contribution in [0.25, 0.3) is 0 Å². The van der Waals surface area contributed by atoms with Crippen molar-refractivity contribution in [2.75, 3.05) is 5.75 Å². The first kappa shape index (κ1) is 17.2. The summed E-state index contributed by atoms with van der Waals surface area (Å²) in [4.78, 5) is 38.3. The fraction of sp³-hybridized carbons (Fsp3) is 0.438. The van der Waals surface area contributed by atoms with Crippen LogP contribution in [-0.4, -0.2) is 50.4 Å². The molecule has 1 aromatic carbocycles. The Hall–Kier alpha value is -1.67. The predicted octanol–water partition coefficient (Wildman–Crippen LogP) is 1.53. The number of carboxylic acid groups (broad SMARTS) is 1. The maximum Gasteiger partial charge on any atom is 0.327 e. The van der Waals surface area contributed by atoms with Gasteiger partial charge in [-0.1, -0.05) is 18.2 Å². The van der Waals surface area contributed by atoms with Gasteiger partial charge in [0.1, 0.15) is 17.5 Å². The molecule has 3 rings (SSSR count). The summed E-state index contributed by atoms with van der Waals surface area (Å²) in [5.41, 5.74) is 1.51. The van der Waals surface area contributed by atoms with Crippen molar-refractivity contribution in [2.45, 2.75) is 36.1 Å². The van der Waals surface area contributed by atoms with Crippen molar-refractivity contribution in [2.24, 2.45) is 0 Å². The maximum absolute atomic E-state index is 12.8. The van der Waals surface area contributed by atoms with E-state index >= 15 is 0 Å². The Labute approximate surface area is 149 Å². The van der Waals surface area contributed by atoms with E-state index in [0.29, 0.717) is 5.56 Å². The first-order chi connectivity index (χ1) is 11.3. The van der Waals surface area contributed by atoms with Crippen LogP contribution < -0.4 is 5.32 Å². The minimum Gasteiger partial charge on any atom is -0.480 e. The van der Waals surface area contributed by atoms with Crippen LogP contribution in [0.1, 0.15) is 35.1 Å². The zero-order chi connectivity index (χ0) is 17.6. The summed E-state index contributed by atoms with van der Waals surface area (Å²) >= 11 is 5.51. The van der Waals surface area contributed by atoms with Gasteiger partial charge in [-0.05, 0) is 25.5 Å². The van der Waals surface area contributed by atoms with Gasteiger partial charge in [0.15, 0.2) is 0 Å². The van der Waals surface area contributed by atoms with Crippen LogP contribution in [0.5, 0.6) is 0 Å². The highest BCUT2D eigenvalue weighted by atomic mass is 32.2. The van der Waals surface area contributed by atoms with Gasteiger partial charge in [0.05, 0.1) is 0 Å². The van der Waals surface area contributed by atoms with Gasteiger partial charge in [0.25, 0.3) is 5.91 Å². The molecule has 24 heavy (non-hydrogen) atoms. The Morgan fingerprint density at radius 3 is 2.71 bits per heavy atom. The van der Waals surface area contributed by atoms with Gasteiger partial charge < -0.3 is 15.3 Å². The van der Waals surface area contributed by atoms with Gasteiger partial charge in [0.2, 0.25) is 5.91 Å². The molecule has 2 aliphatic heterocycles. The molecule has 1 fully saturated rings. The molecule has 2 N–H and O–H groups in total. The van der Waals surface area contributed by atoms with Crippen LogP contribution in [0, 0.1) is 0 Å². The number of aliphatic carboxylic acids is 1. The number of fused-ring (bicyclic) bond motifs is 3. The van der Waals surface area contributed by atoms with E-state index < -0.39 is 28.7 Å². The van der Waals surface area contributed by atoms with Crippen LogP contribution in [0.2, 0.25) is 0 Å². The molecular weight excluding hydrogens is 348 g/mol. The number of carbonyl (C=O) groups excluding carboxylic acids is 2. The highest BCUT2D eigenvalue weighted by Crippen LogP contribution is 2.56. The van der Waals surface area contributed by atoms with E-state index in [0.717, 1.165) is 5.56 Å². The zero-order valence-corrected chi connectivity index (χ0v) is 14.9. The van der Waals surface area contributed by atoms with Gasteiger partial charge in [-0.15, -0.1) is 11.8 Å². The number of hydrogen-bond donors (Lipinski definition) is 3. The lowest BCUT2D eigenvalue weighted by atomic mass is 10.0. The Kier molecular flexibility index (Phi) is 4.29. The Bertz CT molecular complexity index is 722. The maximum atomic E-state index is 12.8. The fourth-order valence-corrected chi connectivity index (χ4v) is 5.08. The standard InChI is InChI=1S/C16H18N2O4S2/c1-16(2)11(12(19)17-10(7-23)15(21)22)18-13(20)8-5-3-4-6-9(8)14(18)24-16/h3-6,10-11,14,23H,7H2,1-2H3,(H,17,19)(H,21,22). The second kappa shape index (κ2) is 6.00. The molecule has 1 aromatic rings. The van der Waals surface area contributed by atoms with Gasteiger partial charge in [-0.25, -0.2) is 4.79 Å². The van der Waals surface area contributed by atoms with Gasteiger partial charge in [-0.3, -0.25) is 9.59 Å². The molecule has 0 radical (unpaired) electrons. The number of carbonyl (C=O) groups is 3. The number of carboxylic acids is 1. The number of hydrogen-bond acceptors (Lipinski definition) is 5. The van der Waals surface area contributed by atoms with E-state index in [-0.39, 0.29) is 17.0 Å². The lowest BCUT2D eigenvalue weighted by Crippen LogP contribution is -2.56. The van der Waals surface area contributed by atoms with E-state index in [9.17, 15) is 14.4 Å². The van der Waals surface area contributed by atoms with E-state index in [1.165, 1.54) is 0 Å². The first-order valence-electron chi connectivity index (χ1n) is 7.51. The molecule has 0 aliphatic carbocycles. The van der Waals surface area contributed by atoms with E-state index in [4.69, 9.17) is 5.11 Å². The molecule has 3 unspecified atom stereocenters. The van der Waals surface area contributed by atoms with E-state index in [1.807, 2.05) is 26.0 Å². The van der Waals surface area contributed by atoms with E-state index in [1.54, 1.807) is 28.8 Å². The van der Waals surface area contributed by atoms with Gasteiger partial charge in [0, 0.05) is 16.1 Å². The van der Waals surface area contributed by atoms with Crippen LogP contribution >= 0.6 is 24.4 Å². The Morgan fingerprint density at radius 2 is 2.08 bits per heavy atom. The normalized spacial score (nSPS) is 25.1. The molecule has 2 aliphatic rings. The van der Waals surface area contributed by atoms with Gasteiger partial charge >= 0.3 is 5.97 Å². The summed E-state index contributed by atoms with van der Waals surface area (Å²) in [5, 5.41) is 11.4. The fourth-order valence-electron chi connectivity index (χ4n) is 3.24. The molecule has 1 saturated heterocycles. The van der Waals surface area contributed by atoms with Crippen LogP contribution in [0.4, 0.5) is 0 Å². The van der Waals surface area contributed by atoms with Crippen LogP contribution in [0.3, 0.4) is 0 Å². The molecule has 0 aromatic heterocycles. The summed E-state index contributed by atoms with van der Waals surface area (Å²) < 4.78 is -0.530. The average molecular weight is 366 g/mol. The van der Waals surface area contributed by atoms with Crippen molar-refractivity contribution >= 4 is 42.2 Å². The van der Waals surface area contributed by atoms with Crippen molar-refractivity contribution in [1.29, 1.82) is 0 Å². The van der Waals surface area contributed by atoms with Crippen molar-refractivity contribution in [1.82, 2.24) is 10.2 Å². The number of nitrogens with one attached hydrogen (secondary N) is 1. The largest absolute Gasteiger partial charge is 0.480 e. The summed E-state index contributed by atoms with van der Waals surface area (Å²) in [6, 6.07) is 5.50. The summed E-state index contributed by atoms with van der Waals surface area (Å²) in [6.45, 7) is 3.79. The molecule has 8 heteroatoms. The minimum atomic E-state index is -1.14. The Balaban J connectivity index is 1.93. The van der Waals surface area contributed by atoms with Crippen LogP contribution in [-0.2, 0) is 9.59 Å². The third kappa shape index (κ3) is 2.57. The molecule has 0 saturated carbocycles. The number of rotatable bonds is 4. The molecule has 128 valence electrons. The first-order valence-corrected chi connectivity index (χ1v) is 9.02. The number of thioether (sulfide) groups is 1. The Morgan fingerprint density at radius 1 is 1.42 bits per heavy atom. The molecule has 3 atom stereocenters. The number of benzene rings is 1. The highest BCUT2D eigenvalue weighted by Gasteiger charge is 2.57. The summed E-state index contributed by atoms with van der Waals surface area (Å²) in [7, 11) is 0.